The van der Waals surface area contributed by atoms with E-state index >= 15 is 0 Å². The van der Waals surface area contributed by atoms with Crippen LogP contribution in [0.25, 0.3) is 11.0 Å². The third-order valence-electron chi connectivity index (χ3n) is 5.38. The Kier molecular flexibility index (Phi) is 4.92. The fraction of sp³-hybridized carbons (Fsp3) is 0.167. The zero-order valence-electron chi connectivity index (χ0n) is 17.0. The number of hydrogen-bond acceptors (Lipinski definition) is 4. The number of carbonyl (C=O) groups excluding carboxylic acids is 1. The number of aromatic nitrogens is 2. The third kappa shape index (κ3) is 3.77. The molecule has 1 aliphatic heterocycles. The van der Waals surface area contributed by atoms with Crippen LogP contribution >= 0.6 is 0 Å². The summed E-state index contributed by atoms with van der Waals surface area (Å²) in [5.74, 6) is 2.19. The first-order chi connectivity index (χ1) is 15.2. The normalized spacial score (nSPS) is 13.2. The van der Waals surface area contributed by atoms with Gasteiger partial charge in [-0.1, -0.05) is 48.5 Å². The minimum Gasteiger partial charge on any atom is -0.454 e. The number of ether oxygens (including phenoxy) is 2. The second-order valence-corrected chi connectivity index (χ2v) is 7.38. The Morgan fingerprint density at radius 3 is 2.65 bits per heavy atom. The standard InChI is InChI=1S/C24H22N4O3/c1-28-19-10-6-5-9-18(19)26-23(28)22(17-7-3-2-4-8-17)27-24(29)25-14-16-11-12-20-21(13-16)31-15-30-20/h2-13,22H,14-15H2,1H3,(H2,25,27,29)/t22-/m0/s1. The molecule has 0 radical (unpaired) electrons. The molecule has 1 aromatic heterocycles. The molecule has 1 aliphatic rings. The van der Waals surface area contributed by atoms with E-state index < -0.39 is 6.04 Å². The van der Waals surface area contributed by atoms with E-state index in [1.807, 2.05) is 84.4 Å². The Labute approximate surface area is 179 Å². The van der Waals surface area contributed by atoms with Crippen LogP contribution in [-0.4, -0.2) is 22.4 Å². The van der Waals surface area contributed by atoms with Crippen molar-refractivity contribution in [2.45, 2.75) is 12.6 Å². The number of fused-ring (bicyclic) bond motifs is 2. The summed E-state index contributed by atoms with van der Waals surface area (Å²) < 4.78 is 12.8. The first-order valence-corrected chi connectivity index (χ1v) is 10.1. The Hall–Kier alpha value is -4.00. The number of rotatable bonds is 5. The maximum atomic E-state index is 12.8. The molecular formula is C24H22N4O3. The van der Waals surface area contributed by atoms with Gasteiger partial charge in [0.15, 0.2) is 11.5 Å². The zero-order chi connectivity index (χ0) is 21.2. The first-order valence-electron chi connectivity index (χ1n) is 10.1. The molecule has 31 heavy (non-hydrogen) atoms. The molecule has 7 heteroatoms. The number of hydrogen-bond donors (Lipinski definition) is 2. The van der Waals surface area contributed by atoms with Crippen LogP contribution in [-0.2, 0) is 13.6 Å². The number of aryl methyl sites for hydroxylation is 1. The quantitative estimate of drug-likeness (QED) is 0.519. The fourth-order valence-corrected chi connectivity index (χ4v) is 3.78. The molecule has 5 rings (SSSR count). The van der Waals surface area contributed by atoms with Gasteiger partial charge < -0.3 is 24.7 Å². The summed E-state index contributed by atoms with van der Waals surface area (Å²) >= 11 is 0. The monoisotopic (exact) mass is 414 g/mol. The number of imidazole rings is 1. The summed E-state index contributed by atoms with van der Waals surface area (Å²) in [5, 5.41) is 6.01. The van der Waals surface area contributed by atoms with Crippen molar-refractivity contribution in [1.82, 2.24) is 20.2 Å². The van der Waals surface area contributed by atoms with Crippen molar-refractivity contribution < 1.29 is 14.3 Å². The maximum absolute atomic E-state index is 12.8. The van der Waals surface area contributed by atoms with E-state index in [1.54, 1.807) is 0 Å². The molecule has 3 aromatic carbocycles. The molecule has 2 amide bonds. The average molecular weight is 414 g/mol. The Balaban J connectivity index is 1.37. The summed E-state index contributed by atoms with van der Waals surface area (Å²) in [7, 11) is 1.97. The number of carbonyl (C=O) groups is 1. The van der Waals surface area contributed by atoms with E-state index in [0.29, 0.717) is 12.3 Å². The highest BCUT2D eigenvalue weighted by molar-refractivity contribution is 5.77. The summed E-state index contributed by atoms with van der Waals surface area (Å²) in [5.41, 5.74) is 3.79. The summed E-state index contributed by atoms with van der Waals surface area (Å²) in [6, 6.07) is 22.7. The summed E-state index contributed by atoms with van der Waals surface area (Å²) in [6.07, 6.45) is 0. The van der Waals surface area contributed by atoms with Crippen molar-refractivity contribution in [1.29, 1.82) is 0 Å². The molecule has 0 saturated carbocycles. The smallest absolute Gasteiger partial charge is 0.315 e. The van der Waals surface area contributed by atoms with Gasteiger partial charge >= 0.3 is 6.03 Å². The number of benzene rings is 3. The van der Waals surface area contributed by atoms with Crippen molar-refractivity contribution in [3.05, 3.63) is 89.7 Å². The second kappa shape index (κ2) is 8.02. The summed E-state index contributed by atoms with van der Waals surface area (Å²) in [6.45, 7) is 0.593. The molecule has 0 unspecified atom stereocenters. The van der Waals surface area contributed by atoms with Crippen LogP contribution in [0, 0.1) is 0 Å². The lowest BCUT2D eigenvalue weighted by Gasteiger charge is -2.19. The van der Waals surface area contributed by atoms with Gasteiger partial charge in [0.2, 0.25) is 6.79 Å². The molecular weight excluding hydrogens is 392 g/mol. The minimum absolute atomic E-state index is 0.226. The molecule has 156 valence electrons. The van der Waals surface area contributed by atoms with Crippen molar-refractivity contribution in [3.8, 4) is 11.5 Å². The number of urea groups is 1. The van der Waals surface area contributed by atoms with Crippen molar-refractivity contribution in [3.63, 3.8) is 0 Å². The van der Waals surface area contributed by atoms with Gasteiger partial charge in [-0.3, -0.25) is 0 Å². The van der Waals surface area contributed by atoms with Gasteiger partial charge in [-0.2, -0.15) is 0 Å². The highest BCUT2D eigenvalue weighted by Crippen LogP contribution is 2.32. The molecule has 0 bridgehead atoms. The highest BCUT2D eigenvalue weighted by Gasteiger charge is 2.22. The van der Waals surface area contributed by atoms with Crippen LogP contribution in [0.2, 0.25) is 0 Å². The van der Waals surface area contributed by atoms with Gasteiger partial charge in [-0.05, 0) is 35.4 Å². The molecule has 2 N–H and O–H groups in total. The molecule has 2 heterocycles. The summed E-state index contributed by atoms with van der Waals surface area (Å²) in [4.78, 5) is 17.6. The molecule has 0 fully saturated rings. The number of nitrogens with one attached hydrogen (secondary N) is 2. The van der Waals surface area contributed by atoms with Gasteiger partial charge in [0.05, 0.1) is 11.0 Å². The van der Waals surface area contributed by atoms with Gasteiger partial charge in [0.1, 0.15) is 11.9 Å². The maximum Gasteiger partial charge on any atom is 0.315 e. The lowest BCUT2D eigenvalue weighted by atomic mass is 10.1. The Morgan fingerprint density at radius 1 is 1.03 bits per heavy atom. The van der Waals surface area contributed by atoms with Crippen LogP contribution in [0.5, 0.6) is 11.5 Å². The molecule has 1 atom stereocenters. The van der Waals surface area contributed by atoms with Crippen LogP contribution in [0.3, 0.4) is 0 Å². The Bertz CT molecular complexity index is 1240. The first kappa shape index (κ1) is 19.0. The van der Waals surface area contributed by atoms with E-state index in [0.717, 1.165) is 33.7 Å². The zero-order valence-corrected chi connectivity index (χ0v) is 17.0. The van der Waals surface area contributed by atoms with Crippen LogP contribution in [0.4, 0.5) is 4.79 Å². The predicted molar refractivity (Wildman–Crippen MR) is 117 cm³/mol. The van der Waals surface area contributed by atoms with Gasteiger partial charge in [0.25, 0.3) is 0 Å². The fourth-order valence-electron chi connectivity index (χ4n) is 3.78. The van der Waals surface area contributed by atoms with Crippen LogP contribution < -0.4 is 20.1 Å². The van der Waals surface area contributed by atoms with Gasteiger partial charge in [0, 0.05) is 13.6 Å². The van der Waals surface area contributed by atoms with E-state index in [9.17, 15) is 4.79 Å². The topological polar surface area (TPSA) is 77.4 Å². The second-order valence-electron chi connectivity index (χ2n) is 7.38. The third-order valence-corrected chi connectivity index (χ3v) is 5.38. The highest BCUT2D eigenvalue weighted by atomic mass is 16.7. The van der Waals surface area contributed by atoms with E-state index in [-0.39, 0.29) is 12.8 Å². The van der Waals surface area contributed by atoms with Gasteiger partial charge in [-0.15, -0.1) is 0 Å². The van der Waals surface area contributed by atoms with Crippen molar-refractivity contribution in [2.24, 2.45) is 7.05 Å². The molecule has 7 nitrogen and oxygen atoms in total. The van der Waals surface area contributed by atoms with E-state index in [2.05, 4.69) is 10.6 Å². The van der Waals surface area contributed by atoms with E-state index in [1.165, 1.54) is 0 Å². The van der Waals surface area contributed by atoms with Crippen molar-refractivity contribution >= 4 is 17.1 Å². The Morgan fingerprint density at radius 2 is 1.81 bits per heavy atom. The van der Waals surface area contributed by atoms with Crippen molar-refractivity contribution in [2.75, 3.05) is 6.79 Å². The lowest BCUT2D eigenvalue weighted by molar-refractivity contribution is 0.174. The molecule has 0 aliphatic carbocycles. The van der Waals surface area contributed by atoms with Crippen LogP contribution in [0.1, 0.15) is 23.0 Å². The number of nitrogens with zero attached hydrogens (tertiary/aromatic N) is 2. The molecule has 0 spiro atoms. The van der Waals surface area contributed by atoms with Gasteiger partial charge in [-0.25, -0.2) is 9.78 Å². The lowest BCUT2D eigenvalue weighted by Crippen LogP contribution is -2.38. The predicted octanol–water partition coefficient (Wildman–Crippen LogP) is 3.89. The number of para-hydroxylation sites is 2. The van der Waals surface area contributed by atoms with Crippen LogP contribution in [0.15, 0.2) is 72.8 Å². The SMILES string of the molecule is Cn1c([C@@H](NC(=O)NCc2ccc3c(c2)OCO3)c2ccccc2)nc2ccccc21. The number of amides is 2. The largest absolute Gasteiger partial charge is 0.454 e. The molecule has 4 aromatic rings. The van der Waals surface area contributed by atoms with E-state index in [4.69, 9.17) is 14.5 Å². The average Bonchev–Trinajstić information content (AvgIpc) is 3.41. The minimum atomic E-state index is -0.393. The molecule has 0 saturated heterocycles.